The van der Waals surface area contributed by atoms with Crippen LogP contribution in [0.4, 0.5) is 5.69 Å². The molecule has 4 nitrogen and oxygen atoms in total. The minimum atomic E-state index is -0.347. The third-order valence-electron chi connectivity index (χ3n) is 4.35. The van der Waals surface area contributed by atoms with Gasteiger partial charge in [0.2, 0.25) is 0 Å². The molecule has 0 spiro atoms. The summed E-state index contributed by atoms with van der Waals surface area (Å²) >= 11 is 3.51. The van der Waals surface area contributed by atoms with E-state index in [1.807, 2.05) is 18.2 Å². The average molecular weight is 352 g/mol. The number of carbonyl (C=O) groups excluding carboxylic acids is 1. The topological polar surface area (TPSA) is 58.4 Å². The number of hydrogen-bond acceptors (Lipinski definition) is 3. The Bertz CT molecular complexity index is 524. The molecule has 114 valence electrons. The third kappa shape index (κ3) is 3.58. The summed E-state index contributed by atoms with van der Waals surface area (Å²) in [4.78, 5) is 14.1. The number of piperidine rings is 1. The number of anilines is 1. The predicted octanol–water partition coefficient (Wildman–Crippen LogP) is 2.66. The lowest BCUT2D eigenvalue weighted by atomic mass is 10.0. The van der Waals surface area contributed by atoms with Crippen molar-refractivity contribution in [3.8, 4) is 0 Å². The zero-order valence-electron chi connectivity index (χ0n) is 12.1. The molecular weight excluding hydrogens is 330 g/mol. The molecule has 2 aliphatic rings. The molecule has 1 saturated heterocycles. The van der Waals surface area contributed by atoms with Gasteiger partial charge in [-0.25, -0.2) is 0 Å². The molecule has 21 heavy (non-hydrogen) atoms. The molecule has 1 amide bonds. The van der Waals surface area contributed by atoms with Crippen LogP contribution in [0.25, 0.3) is 0 Å². The minimum Gasteiger partial charge on any atom is -0.366 e. The fraction of sp³-hybridized carbons (Fsp3) is 0.562. The number of rotatable bonds is 5. The summed E-state index contributed by atoms with van der Waals surface area (Å²) in [5, 5.41) is 3.60. The highest BCUT2D eigenvalue weighted by Crippen LogP contribution is 2.35. The summed E-state index contributed by atoms with van der Waals surface area (Å²) in [5.74, 6) is -0.347. The second kappa shape index (κ2) is 6.36. The van der Waals surface area contributed by atoms with Gasteiger partial charge in [-0.15, -0.1) is 0 Å². The van der Waals surface area contributed by atoms with Crippen molar-refractivity contribution in [3.05, 3.63) is 28.2 Å². The van der Waals surface area contributed by atoms with Crippen LogP contribution in [0.3, 0.4) is 0 Å². The highest BCUT2D eigenvalue weighted by molar-refractivity contribution is 9.10. The summed E-state index contributed by atoms with van der Waals surface area (Å²) in [6.45, 7) is 2.06. The van der Waals surface area contributed by atoms with Crippen molar-refractivity contribution in [2.45, 2.75) is 44.2 Å². The molecule has 5 heteroatoms. The zero-order valence-corrected chi connectivity index (χ0v) is 13.7. The van der Waals surface area contributed by atoms with Gasteiger partial charge in [0.25, 0.3) is 5.91 Å². The summed E-state index contributed by atoms with van der Waals surface area (Å²) in [6, 6.07) is 6.81. The molecule has 1 aliphatic heterocycles. The van der Waals surface area contributed by atoms with Crippen molar-refractivity contribution in [3.63, 3.8) is 0 Å². The van der Waals surface area contributed by atoms with Gasteiger partial charge in [0, 0.05) is 23.1 Å². The highest BCUT2D eigenvalue weighted by atomic mass is 79.9. The number of nitrogens with two attached hydrogens (primary N) is 1. The Labute approximate surface area is 134 Å². The van der Waals surface area contributed by atoms with Crippen LogP contribution in [0.5, 0.6) is 0 Å². The highest BCUT2D eigenvalue weighted by Gasteiger charge is 2.33. The first-order valence-corrected chi connectivity index (χ1v) is 8.54. The first kappa shape index (κ1) is 14.9. The Morgan fingerprint density at radius 2 is 2.14 bits per heavy atom. The molecule has 1 aromatic carbocycles. The average Bonchev–Trinajstić information content (AvgIpc) is 3.30. The van der Waals surface area contributed by atoms with Gasteiger partial charge >= 0.3 is 0 Å². The van der Waals surface area contributed by atoms with Gasteiger partial charge in [0.05, 0.1) is 11.3 Å². The van der Waals surface area contributed by atoms with Gasteiger partial charge in [-0.05, 0) is 50.4 Å². The van der Waals surface area contributed by atoms with Crippen molar-refractivity contribution in [1.82, 2.24) is 5.32 Å². The van der Waals surface area contributed by atoms with Gasteiger partial charge in [0.1, 0.15) is 0 Å². The van der Waals surface area contributed by atoms with E-state index in [-0.39, 0.29) is 5.91 Å². The van der Waals surface area contributed by atoms with Crippen LogP contribution in [0.1, 0.15) is 42.5 Å². The normalized spacial score (nSPS) is 22.0. The van der Waals surface area contributed by atoms with Gasteiger partial charge in [0.15, 0.2) is 0 Å². The lowest BCUT2D eigenvalue weighted by Gasteiger charge is -2.33. The molecule has 0 radical (unpaired) electrons. The van der Waals surface area contributed by atoms with E-state index in [1.165, 1.54) is 32.1 Å². The van der Waals surface area contributed by atoms with Crippen molar-refractivity contribution >= 4 is 27.5 Å². The summed E-state index contributed by atoms with van der Waals surface area (Å²) in [5.41, 5.74) is 7.16. The molecule has 0 bridgehead atoms. The van der Waals surface area contributed by atoms with Crippen LogP contribution in [0, 0.1) is 0 Å². The molecule has 0 aromatic heterocycles. The second-order valence-corrected chi connectivity index (χ2v) is 6.97. The van der Waals surface area contributed by atoms with Crippen LogP contribution in [-0.4, -0.2) is 31.1 Å². The maximum Gasteiger partial charge on any atom is 0.250 e. The van der Waals surface area contributed by atoms with Crippen LogP contribution >= 0.6 is 15.9 Å². The minimum absolute atomic E-state index is 0.347. The number of carbonyl (C=O) groups is 1. The number of halogens is 1. The van der Waals surface area contributed by atoms with E-state index in [4.69, 9.17) is 5.73 Å². The third-order valence-corrected chi connectivity index (χ3v) is 4.85. The molecular formula is C16H22BrN3O. The molecule has 2 fully saturated rings. The number of amides is 1. The van der Waals surface area contributed by atoms with E-state index in [9.17, 15) is 4.79 Å². The van der Waals surface area contributed by atoms with Gasteiger partial charge in [-0.2, -0.15) is 0 Å². The smallest absolute Gasteiger partial charge is 0.250 e. The van der Waals surface area contributed by atoms with E-state index in [2.05, 4.69) is 26.1 Å². The predicted molar refractivity (Wildman–Crippen MR) is 88.7 cm³/mol. The molecule has 1 aliphatic carbocycles. The van der Waals surface area contributed by atoms with Gasteiger partial charge in [-0.1, -0.05) is 22.4 Å². The van der Waals surface area contributed by atoms with Crippen molar-refractivity contribution in [1.29, 1.82) is 0 Å². The van der Waals surface area contributed by atoms with E-state index in [0.29, 0.717) is 17.6 Å². The fourth-order valence-electron chi connectivity index (χ4n) is 3.10. The van der Waals surface area contributed by atoms with Crippen molar-refractivity contribution in [2.75, 3.05) is 18.0 Å². The summed E-state index contributed by atoms with van der Waals surface area (Å²) in [6.07, 6.45) is 6.18. The summed E-state index contributed by atoms with van der Waals surface area (Å²) in [7, 11) is 0. The van der Waals surface area contributed by atoms with Crippen LogP contribution in [-0.2, 0) is 0 Å². The first-order chi connectivity index (χ1) is 10.1. The number of hydrogen-bond donors (Lipinski definition) is 2. The van der Waals surface area contributed by atoms with E-state index in [0.717, 1.165) is 23.2 Å². The molecule has 1 atom stereocenters. The lowest BCUT2D eigenvalue weighted by Crippen LogP contribution is -2.45. The fourth-order valence-corrected chi connectivity index (χ4v) is 3.45. The lowest BCUT2D eigenvalue weighted by molar-refractivity contribution is 0.100. The molecule has 1 saturated carbocycles. The maximum absolute atomic E-state index is 11.7. The number of nitrogens with zero attached hydrogens (tertiary/aromatic N) is 1. The van der Waals surface area contributed by atoms with E-state index in [1.54, 1.807) is 0 Å². The van der Waals surface area contributed by atoms with Crippen LogP contribution in [0.2, 0.25) is 0 Å². The monoisotopic (exact) mass is 351 g/mol. The van der Waals surface area contributed by atoms with E-state index >= 15 is 0 Å². The van der Waals surface area contributed by atoms with Crippen molar-refractivity contribution < 1.29 is 4.79 Å². The number of primary amides is 1. The Kier molecular flexibility index (Phi) is 4.50. The maximum atomic E-state index is 11.7. The summed E-state index contributed by atoms with van der Waals surface area (Å²) < 4.78 is 0.991. The first-order valence-electron chi connectivity index (χ1n) is 7.74. The largest absolute Gasteiger partial charge is 0.366 e. The Hall–Kier alpha value is -1.07. The number of benzene rings is 1. The standard InChI is InChI=1S/C16H22BrN3O/c17-11-4-7-14(16(18)21)15(9-11)20(13-5-6-13)10-12-3-1-2-8-19-12/h4,7,9,12-13,19H,1-3,5-6,8,10H2,(H2,18,21). The van der Waals surface area contributed by atoms with Gasteiger partial charge < -0.3 is 16.0 Å². The molecule has 1 unspecified atom stereocenters. The molecule has 1 aromatic rings. The van der Waals surface area contributed by atoms with E-state index < -0.39 is 0 Å². The quantitative estimate of drug-likeness (QED) is 0.857. The van der Waals surface area contributed by atoms with Crippen LogP contribution in [0.15, 0.2) is 22.7 Å². The SMILES string of the molecule is NC(=O)c1ccc(Br)cc1N(CC1CCCCN1)C1CC1. The van der Waals surface area contributed by atoms with Crippen molar-refractivity contribution in [2.24, 2.45) is 5.73 Å². The Morgan fingerprint density at radius 1 is 1.33 bits per heavy atom. The zero-order chi connectivity index (χ0) is 14.8. The molecule has 3 N–H and O–H groups in total. The Balaban J connectivity index is 1.86. The van der Waals surface area contributed by atoms with Gasteiger partial charge in [-0.3, -0.25) is 4.79 Å². The molecule has 3 rings (SSSR count). The number of nitrogens with one attached hydrogen (secondary N) is 1. The molecule has 1 heterocycles. The second-order valence-electron chi connectivity index (χ2n) is 6.06. The Morgan fingerprint density at radius 3 is 2.76 bits per heavy atom. The van der Waals surface area contributed by atoms with Crippen LogP contribution < -0.4 is 16.0 Å².